The first-order valence-electron chi connectivity index (χ1n) is 7.14. The van der Waals surface area contributed by atoms with Crippen molar-refractivity contribution < 1.29 is 22.4 Å². The molecular formula is C14H13F4N5O. The molecule has 1 aromatic heterocycles. The molecule has 6 nitrogen and oxygen atoms in total. The number of urea groups is 1. The van der Waals surface area contributed by atoms with Crippen LogP contribution < -0.4 is 10.6 Å². The van der Waals surface area contributed by atoms with Crippen molar-refractivity contribution in [3.8, 4) is 0 Å². The number of nitrogens with one attached hydrogen (secondary N) is 2. The molecule has 0 bridgehead atoms. The van der Waals surface area contributed by atoms with Crippen LogP contribution in [0.1, 0.15) is 17.8 Å². The van der Waals surface area contributed by atoms with Gasteiger partial charge in [-0.25, -0.2) is 18.9 Å². The molecule has 2 aromatic rings. The smallest absolute Gasteiger partial charge is 0.333 e. The van der Waals surface area contributed by atoms with Gasteiger partial charge >= 0.3 is 12.2 Å². The quantitative estimate of drug-likeness (QED) is 0.824. The topological polar surface area (TPSA) is 71.8 Å². The third-order valence-electron chi connectivity index (χ3n) is 3.68. The van der Waals surface area contributed by atoms with E-state index in [2.05, 4.69) is 20.7 Å². The van der Waals surface area contributed by atoms with E-state index in [4.69, 9.17) is 0 Å². The third-order valence-corrected chi connectivity index (χ3v) is 3.68. The Hall–Kier alpha value is -2.65. The Balaban J connectivity index is 1.68. The van der Waals surface area contributed by atoms with E-state index in [1.54, 1.807) is 4.68 Å². The number of aromatic nitrogens is 3. The molecule has 128 valence electrons. The van der Waals surface area contributed by atoms with Crippen LogP contribution in [-0.4, -0.2) is 26.8 Å². The SMILES string of the molecule is O=C(Nc1ccc(F)cc1C(F)(F)F)N[C@H]1CCc2ncnn2C1. The number of hydrogen-bond donors (Lipinski definition) is 2. The number of carbonyl (C=O) groups excluding carboxylic acids is 1. The molecule has 2 amide bonds. The van der Waals surface area contributed by atoms with Crippen LogP contribution in [0.3, 0.4) is 0 Å². The van der Waals surface area contributed by atoms with Crippen molar-refractivity contribution in [1.82, 2.24) is 20.1 Å². The number of alkyl halides is 3. The monoisotopic (exact) mass is 343 g/mol. The fourth-order valence-electron chi connectivity index (χ4n) is 2.56. The minimum atomic E-state index is -4.77. The molecule has 0 saturated heterocycles. The lowest BCUT2D eigenvalue weighted by atomic mass is 10.1. The Morgan fingerprint density at radius 1 is 1.33 bits per heavy atom. The largest absolute Gasteiger partial charge is 0.418 e. The van der Waals surface area contributed by atoms with Gasteiger partial charge in [-0.1, -0.05) is 0 Å². The average Bonchev–Trinajstić information content (AvgIpc) is 2.95. The summed E-state index contributed by atoms with van der Waals surface area (Å²) in [5.41, 5.74) is -1.74. The summed E-state index contributed by atoms with van der Waals surface area (Å²) in [5, 5.41) is 8.72. The predicted molar refractivity (Wildman–Crippen MR) is 75.7 cm³/mol. The number of aryl methyl sites for hydroxylation is 1. The van der Waals surface area contributed by atoms with E-state index in [1.165, 1.54) is 6.33 Å². The fourth-order valence-corrected chi connectivity index (χ4v) is 2.56. The standard InChI is InChI=1S/C14H13F4N5O/c15-8-1-3-11(10(5-8)14(16,17)18)22-13(24)21-9-2-4-12-19-7-20-23(12)6-9/h1,3,5,7,9H,2,4,6H2,(H2,21,22,24)/t9-/m0/s1. The number of fused-ring (bicyclic) bond motifs is 1. The van der Waals surface area contributed by atoms with E-state index in [1.807, 2.05) is 0 Å². The molecule has 0 unspecified atom stereocenters. The molecule has 0 aliphatic carbocycles. The van der Waals surface area contributed by atoms with E-state index < -0.39 is 29.3 Å². The summed E-state index contributed by atoms with van der Waals surface area (Å²) in [5.74, 6) is -0.231. The minimum absolute atomic E-state index is 0.283. The molecule has 1 aliphatic heterocycles. The van der Waals surface area contributed by atoms with Gasteiger partial charge in [0.2, 0.25) is 0 Å². The Morgan fingerprint density at radius 3 is 2.88 bits per heavy atom. The summed E-state index contributed by atoms with van der Waals surface area (Å²) >= 11 is 0. The summed E-state index contributed by atoms with van der Waals surface area (Å²) in [6.07, 6.45) is -2.16. The number of anilines is 1. The Labute approximate surface area is 133 Å². The number of carbonyl (C=O) groups is 1. The fraction of sp³-hybridized carbons (Fsp3) is 0.357. The summed E-state index contributed by atoms with van der Waals surface area (Å²) in [6, 6.07) is 1.01. The Kier molecular flexibility index (Phi) is 4.12. The summed E-state index contributed by atoms with van der Waals surface area (Å²) in [7, 11) is 0. The summed E-state index contributed by atoms with van der Waals surface area (Å²) in [6.45, 7) is 0.387. The van der Waals surface area contributed by atoms with Gasteiger partial charge < -0.3 is 10.6 Å². The van der Waals surface area contributed by atoms with E-state index in [0.717, 1.165) is 18.0 Å². The van der Waals surface area contributed by atoms with Gasteiger partial charge in [0.05, 0.1) is 23.8 Å². The molecule has 2 N–H and O–H groups in total. The number of benzene rings is 1. The molecule has 1 atom stereocenters. The molecule has 1 aliphatic rings. The highest BCUT2D eigenvalue weighted by Crippen LogP contribution is 2.35. The number of halogens is 4. The van der Waals surface area contributed by atoms with E-state index in [-0.39, 0.29) is 6.04 Å². The molecule has 24 heavy (non-hydrogen) atoms. The maximum atomic E-state index is 13.1. The molecular weight excluding hydrogens is 330 g/mol. The van der Waals surface area contributed by atoms with Crippen LogP contribution in [0.15, 0.2) is 24.5 Å². The van der Waals surface area contributed by atoms with Gasteiger partial charge in [-0.3, -0.25) is 0 Å². The average molecular weight is 343 g/mol. The van der Waals surface area contributed by atoms with Crippen molar-refractivity contribution in [1.29, 1.82) is 0 Å². The highest BCUT2D eigenvalue weighted by Gasteiger charge is 2.34. The van der Waals surface area contributed by atoms with Crippen molar-refractivity contribution >= 4 is 11.7 Å². The molecule has 0 spiro atoms. The van der Waals surface area contributed by atoms with Gasteiger partial charge in [-0.15, -0.1) is 0 Å². The zero-order valence-corrected chi connectivity index (χ0v) is 12.3. The van der Waals surface area contributed by atoms with E-state index in [9.17, 15) is 22.4 Å². The van der Waals surface area contributed by atoms with Crippen molar-refractivity contribution in [2.24, 2.45) is 0 Å². The first-order chi connectivity index (χ1) is 11.3. The number of hydrogen-bond acceptors (Lipinski definition) is 3. The lowest BCUT2D eigenvalue weighted by molar-refractivity contribution is -0.137. The van der Waals surface area contributed by atoms with E-state index in [0.29, 0.717) is 25.5 Å². The van der Waals surface area contributed by atoms with Gasteiger partial charge in [0.15, 0.2) is 0 Å². The molecule has 10 heteroatoms. The second-order valence-electron chi connectivity index (χ2n) is 5.38. The van der Waals surface area contributed by atoms with Crippen LogP contribution in [0.25, 0.3) is 0 Å². The van der Waals surface area contributed by atoms with Crippen molar-refractivity contribution in [3.63, 3.8) is 0 Å². The number of amides is 2. The predicted octanol–water partition coefficient (Wildman–Crippen LogP) is 2.57. The van der Waals surface area contributed by atoms with Crippen LogP contribution in [0.4, 0.5) is 28.0 Å². The van der Waals surface area contributed by atoms with Crippen LogP contribution in [-0.2, 0) is 19.1 Å². The Morgan fingerprint density at radius 2 is 2.12 bits per heavy atom. The second-order valence-corrected chi connectivity index (χ2v) is 5.38. The first-order valence-corrected chi connectivity index (χ1v) is 7.14. The van der Waals surface area contributed by atoms with E-state index >= 15 is 0 Å². The van der Waals surface area contributed by atoms with Crippen LogP contribution in [0.5, 0.6) is 0 Å². The third kappa shape index (κ3) is 3.47. The van der Waals surface area contributed by atoms with Gasteiger partial charge in [0.1, 0.15) is 18.0 Å². The second kappa shape index (κ2) is 6.10. The van der Waals surface area contributed by atoms with Gasteiger partial charge in [-0.2, -0.15) is 18.3 Å². The van der Waals surface area contributed by atoms with Crippen molar-refractivity contribution in [2.75, 3.05) is 5.32 Å². The minimum Gasteiger partial charge on any atom is -0.333 e. The van der Waals surface area contributed by atoms with Crippen LogP contribution in [0.2, 0.25) is 0 Å². The number of rotatable bonds is 2. The molecule has 2 heterocycles. The summed E-state index contributed by atoms with van der Waals surface area (Å²) < 4.78 is 53.4. The maximum Gasteiger partial charge on any atom is 0.418 e. The highest BCUT2D eigenvalue weighted by molar-refractivity contribution is 5.90. The summed E-state index contributed by atoms with van der Waals surface area (Å²) in [4.78, 5) is 16.0. The van der Waals surface area contributed by atoms with Crippen molar-refractivity contribution in [2.45, 2.75) is 31.6 Å². The van der Waals surface area contributed by atoms with Gasteiger partial charge in [0, 0.05) is 6.42 Å². The first kappa shape index (κ1) is 16.2. The molecule has 1 aromatic carbocycles. The number of nitrogens with zero attached hydrogens (tertiary/aromatic N) is 3. The maximum absolute atomic E-state index is 13.1. The normalized spacial score (nSPS) is 17.2. The van der Waals surface area contributed by atoms with Gasteiger partial charge in [-0.05, 0) is 24.6 Å². The van der Waals surface area contributed by atoms with Crippen molar-refractivity contribution in [3.05, 3.63) is 41.7 Å². The Bertz CT molecular complexity index is 758. The van der Waals surface area contributed by atoms with Crippen LogP contribution in [0, 0.1) is 5.82 Å². The molecule has 0 radical (unpaired) electrons. The molecule has 0 fully saturated rings. The van der Waals surface area contributed by atoms with Crippen LogP contribution >= 0.6 is 0 Å². The van der Waals surface area contributed by atoms with Gasteiger partial charge in [0.25, 0.3) is 0 Å². The molecule has 0 saturated carbocycles. The molecule has 3 rings (SSSR count). The highest BCUT2D eigenvalue weighted by atomic mass is 19.4. The zero-order valence-electron chi connectivity index (χ0n) is 12.3. The zero-order chi connectivity index (χ0) is 17.3. The lowest BCUT2D eigenvalue weighted by Crippen LogP contribution is -2.43. The lowest BCUT2D eigenvalue weighted by Gasteiger charge is -2.24.